The third-order valence-corrected chi connectivity index (χ3v) is 12.8. The van der Waals surface area contributed by atoms with Gasteiger partial charge in [0.15, 0.2) is 0 Å². The van der Waals surface area contributed by atoms with Gasteiger partial charge < -0.3 is 4.90 Å². The first-order valence-electron chi connectivity index (χ1n) is 20.3. The van der Waals surface area contributed by atoms with E-state index in [0.717, 1.165) is 18.5 Å². The number of rotatable bonds is 5. The van der Waals surface area contributed by atoms with Gasteiger partial charge in [-0.05, 0) is 145 Å². The summed E-state index contributed by atoms with van der Waals surface area (Å²) in [6, 6.07) is 68.2. The molecule has 1 nitrogen and oxygen atoms in total. The Morgan fingerprint density at radius 2 is 1.02 bits per heavy atom. The van der Waals surface area contributed by atoms with Gasteiger partial charge in [-0.2, -0.15) is 0 Å². The first kappa shape index (κ1) is 33.6. The lowest BCUT2D eigenvalue weighted by Gasteiger charge is -2.30. The van der Waals surface area contributed by atoms with E-state index in [9.17, 15) is 0 Å². The largest absolute Gasteiger partial charge is 0.310 e. The molecule has 11 rings (SSSR count). The summed E-state index contributed by atoms with van der Waals surface area (Å²) in [6.45, 7) is 6.99. The molecule has 0 spiro atoms. The smallest absolute Gasteiger partial charge is 0.0540 e. The molecule has 2 aliphatic rings. The Labute approximate surface area is 335 Å². The van der Waals surface area contributed by atoms with Crippen LogP contribution in [0.25, 0.3) is 54.9 Å². The quantitative estimate of drug-likeness (QED) is 0.170. The minimum Gasteiger partial charge on any atom is -0.310 e. The van der Waals surface area contributed by atoms with Crippen LogP contribution in [0.5, 0.6) is 0 Å². The summed E-state index contributed by atoms with van der Waals surface area (Å²) in [4.78, 5) is 2.51. The highest BCUT2D eigenvalue weighted by atomic mass is 15.1. The molecule has 0 bridgehead atoms. The van der Waals surface area contributed by atoms with E-state index in [1.54, 1.807) is 0 Å². The topological polar surface area (TPSA) is 3.24 Å². The van der Waals surface area contributed by atoms with Crippen LogP contribution in [0.15, 0.2) is 182 Å². The maximum Gasteiger partial charge on any atom is 0.0540 e. The summed E-state index contributed by atoms with van der Waals surface area (Å²) < 4.78 is 0. The summed E-state index contributed by atoms with van der Waals surface area (Å²) in [7, 11) is 0. The number of aryl methyl sites for hydroxylation is 1. The first-order chi connectivity index (χ1) is 27.9. The minimum absolute atomic E-state index is 0.0593. The molecule has 0 saturated heterocycles. The number of benzene rings is 9. The zero-order valence-electron chi connectivity index (χ0n) is 32.7. The fourth-order valence-electron chi connectivity index (χ4n) is 10.1. The lowest BCUT2D eigenvalue weighted by molar-refractivity contribution is 0.660. The van der Waals surface area contributed by atoms with Crippen molar-refractivity contribution in [2.24, 2.45) is 0 Å². The molecule has 0 radical (unpaired) electrons. The minimum atomic E-state index is -0.0593. The molecular weight excluding hydrogens is 687 g/mol. The fraction of sp³-hybridized carbons (Fsp3) is 0.107. The number of hydrogen-bond donors (Lipinski definition) is 0. The summed E-state index contributed by atoms with van der Waals surface area (Å²) >= 11 is 0. The molecule has 0 fully saturated rings. The van der Waals surface area contributed by atoms with Crippen LogP contribution in [0.1, 0.15) is 52.8 Å². The second kappa shape index (κ2) is 12.9. The van der Waals surface area contributed by atoms with Crippen LogP contribution >= 0.6 is 0 Å². The predicted octanol–water partition coefficient (Wildman–Crippen LogP) is 14.9. The standard InChI is InChI=1S/C56H43N/c1-36-31-40(37-13-5-4-6-14-37)26-29-52(36)57(46-21-11-17-39(34-46)41-25-28-48-47-22-7-8-24-50(47)56(2,3)51(48)35-41)53-30-27-45-33-43-19-10-16-38-15-9-18-42(54(38)43)32-44-20-12-23-49(53)55(44)45/h4-31,34-35H,32-33H2,1-3H3. The number of fused-ring (bicyclic) bond motifs is 3. The monoisotopic (exact) mass is 729 g/mol. The van der Waals surface area contributed by atoms with Gasteiger partial charge in [-0.1, -0.05) is 159 Å². The molecule has 0 heterocycles. The molecule has 0 N–H and O–H groups in total. The number of nitrogens with zero attached hydrogens (tertiary/aromatic N) is 1. The van der Waals surface area contributed by atoms with Crippen LogP contribution < -0.4 is 4.90 Å². The van der Waals surface area contributed by atoms with Crippen molar-refractivity contribution in [1.29, 1.82) is 0 Å². The van der Waals surface area contributed by atoms with Crippen molar-refractivity contribution in [2.45, 2.75) is 39.0 Å². The van der Waals surface area contributed by atoms with Crippen molar-refractivity contribution in [2.75, 3.05) is 4.90 Å². The molecule has 0 atom stereocenters. The maximum absolute atomic E-state index is 2.51. The van der Waals surface area contributed by atoms with Gasteiger partial charge in [-0.15, -0.1) is 0 Å². The Balaban J connectivity index is 1.10. The average Bonchev–Trinajstić information content (AvgIpc) is 3.47. The van der Waals surface area contributed by atoms with Crippen LogP contribution in [-0.2, 0) is 18.3 Å². The molecule has 57 heavy (non-hydrogen) atoms. The molecule has 1 heteroatoms. The van der Waals surface area contributed by atoms with Gasteiger partial charge in [0.1, 0.15) is 0 Å². The Bertz CT molecular complexity index is 3010. The predicted molar refractivity (Wildman–Crippen MR) is 241 cm³/mol. The van der Waals surface area contributed by atoms with E-state index in [-0.39, 0.29) is 5.41 Å². The van der Waals surface area contributed by atoms with E-state index in [4.69, 9.17) is 0 Å². The highest BCUT2D eigenvalue weighted by Crippen LogP contribution is 2.50. The normalized spacial score (nSPS) is 13.5. The maximum atomic E-state index is 2.51. The van der Waals surface area contributed by atoms with Crippen molar-refractivity contribution < 1.29 is 0 Å². The van der Waals surface area contributed by atoms with Crippen molar-refractivity contribution in [3.05, 3.63) is 221 Å². The van der Waals surface area contributed by atoms with Crippen molar-refractivity contribution >= 4 is 38.6 Å². The van der Waals surface area contributed by atoms with E-state index in [0.29, 0.717) is 0 Å². The second-order valence-electron chi connectivity index (χ2n) is 16.6. The van der Waals surface area contributed by atoms with Gasteiger partial charge in [0.2, 0.25) is 0 Å². The van der Waals surface area contributed by atoms with E-state index >= 15 is 0 Å². The molecule has 0 aromatic heterocycles. The van der Waals surface area contributed by atoms with E-state index in [2.05, 4.69) is 208 Å². The SMILES string of the molecule is Cc1cc(-c2ccccc2)ccc1N(c1cccc(-c2ccc3c(c2)C(C)(C)c2ccccc2-3)c1)c1ccc2c3c(cccc13)Cc1cccc3cccc(c13)C2. The van der Waals surface area contributed by atoms with Crippen LogP contribution in [0.3, 0.4) is 0 Å². The molecule has 0 aliphatic heterocycles. The van der Waals surface area contributed by atoms with E-state index in [1.165, 1.54) is 105 Å². The molecule has 0 unspecified atom stereocenters. The average molecular weight is 730 g/mol. The number of anilines is 3. The summed E-state index contributed by atoms with van der Waals surface area (Å²) in [5, 5.41) is 5.40. The van der Waals surface area contributed by atoms with Gasteiger partial charge in [0.05, 0.1) is 5.69 Å². The van der Waals surface area contributed by atoms with Crippen LogP contribution in [0.4, 0.5) is 17.1 Å². The van der Waals surface area contributed by atoms with Crippen molar-refractivity contribution in [3.8, 4) is 33.4 Å². The highest BCUT2D eigenvalue weighted by molar-refractivity contribution is 6.04. The second-order valence-corrected chi connectivity index (χ2v) is 16.6. The molecule has 9 aromatic rings. The zero-order valence-corrected chi connectivity index (χ0v) is 32.7. The molecule has 9 aromatic carbocycles. The molecule has 272 valence electrons. The van der Waals surface area contributed by atoms with Crippen molar-refractivity contribution in [3.63, 3.8) is 0 Å². The van der Waals surface area contributed by atoms with E-state index in [1.807, 2.05) is 0 Å². The van der Waals surface area contributed by atoms with Gasteiger partial charge in [-0.3, -0.25) is 0 Å². The van der Waals surface area contributed by atoms with Gasteiger partial charge in [-0.25, -0.2) is 0 Å². The van der Waals surface area contributed by atoms with Crippen LogP contribution in [0.2, 0.25) is 0 Å². The van der Waals surface area contributed by atoms with Crippen LogP contribution in [0, 0.1) is 6.92 Å². The lowest BCUT2D eigenvalue weighted by Crippen LogP contribution is -2.15. The van der Waals surface area contributed by atoms with Crippen molar-refractivity contribution in [1.82, 2.24) is 0 Å². The molecule has 0 saturated carbocycles. The molecule has 2 aliphatic carbocycles. The molecule has 0 amide bonds. The van der Waals surface area contributed by atoms with Gasteiger partial charge in [0.25, 0.3) is 0 Å². The van der Waals surface area contributed by atoms with Gasteiger partial charge in [0, 0.05) is 22.2 Å². The summed E-state index contributed by atoms with van der Waals surface area (Å²) in [5.41, 5.74) is 20.7. The van der Waals surface area contributed by atoms with Gasteiger partial charge >= 0.3 is 0 Å². The Hall–Kier alpha value is -6.70. The van der Waals surface area contributed by atoms with Crippen LogP contribution in [-0.4, -0.2) is 0 Å². The Kier molecular flexibility index (Phi) is 7.63. The first-order valence-corrected chi connectivity index (χ1v) is 20.3. The fourth-order valence-corrected chi connectivity index (χ4v) is 10.1. The third-order valence-electron chi connectivity index (χ3n) is 12.8. The highest BCUT2D eigenvalue weighted by Gasteiger charge is 2.35. The number of hydrogen-bond acceptors (Lipinski definition) is 1. The Morgan fingerprint density at radius 1 is 0.421 bits per heavy atom. The summed E-state index contributed by atoms with van der Waals surface area (Å²) in [6.07, 6.45) is 1.81. The van der Waals surface area contributed by atoms with E-state index < -0.39 is 0 Å². The zero-order chi connectivity index (χ0) is 38.3. The third kappa shape index (κ3) is 5.37. The molecular formula is C56H43N. The Morgan fingerprint density at radius 3 is 1.81 bits per heavy atom. The summed E-state index contributed by atoms with van der Waals surface area (Å²) in [5.74, 6) is 0. The lowest BCUT2D eigenvalue weighted by atomic mass is 9.81.